The molecule has 0 aliphatic rings. The third kappa shape index (κ3) is 1.92. The van der Waals surface area contributed by atoms with Gasteiger partial charge in [0.15, 0.2) is 5.75 Å². The van der Waals surface area contributed by atoms with E-state index in [0.717, 1.165) is 0 Å². The highest BCUT2D eigenvalue weighted by molar-refractivity contribution is 5.20. The predicted molar refractivity (Wildman–Crippen MR) is 41.9 cm³/mol. The van der Waals surface area contributed by atoms with E-state index in [1.165, 1.54) is 0 Å². The second kappa shape index (κ2) is 3.53. The number of nitrogens with one attached hydrogen (secondary N) is 1. The number of hydrogen-bond acceptors (Lipinski definition) is 5. The summed E-state index contributed by atoms with van der Waals surface area (Å²) in [5, 5.41) is 12.6. The molecule has 1 aromatic heterocycles. The molecule has 1 heterocycles. The number of H-pyrrole nitrogens is 1. The Kier molecular flexibility index (Phi) is 2.04. The van der Waals surface area contributed by atoms with Crippen LogP contribution in [-0.2, 0) is 0 Å². The molecule has 66 valence electrons. The van der Waals surface area contributed by atoms with Crippen molar-refractivity contribution in [3.8, 4) is 11.8 Å². The fourth-order valence-corrected chi connectivity index (χ4v) is 0.749. The zero-order chi connectivity index (χ0) is 8.93. The van der Waals surface area contributed by atoms with Crippen LogP contribution < -0.4 is 9.78 Å². The first-order valence-corrected chi connectivity index (χ1v) is 3.58. The Hall–Kier alpha value is -2.11. The average Bonchev–Trinajstić information content (AvgIpc) is 2.69. The second-order valence-corrected chi connectivity index (χ2v) is 2.17. The summed E-state index contributed by atoms with van der Waals surface area (Å²) in [5.41, 5.74) is 0. The van der Waals surface area contributed by atoms with Gasteiger partial charge in [0, 0.05) is 0 Å². The normalized spacial score (nSPS) is 9.54. The lowest BCUT2D eigenvalue weighted by molar-refractivity contribution is -0.109. The van der Waals surface area contributed by atoms with E-state index in [9.17, 15) is 0 Å². The van der Waals surface area contributed by atoms with E-state index < -0.39 is 0 Å². The van der Waals surface area contributed by atoms with E-state index >= 15 is 0 Å². The number of rotatable bonds is 3. The van der Waals surface area contributed by atoms with E-state index in [1.807, 2.05) is 18.2 Å². The van der Waals surface area contributed by atoms with Gasteiger partial charge in [-0.05, 0) is 17.3 Å². The van der Waals surface area contributed by atoms with Crippen LogP contribution >= 0.6 is 0 Å². The van der Waals surface area contributed by atoms with E-state index in [1.54, 1.807) is 12.1 Å². The molecule has 6 nitrogen and oxygen atoms in total. The van der Waals surface area contributed by atoms with Gasteiger partial charge in [-0.2, -0.15) is 5.21 Å². The summed E-state index contributed by atoms with van der Waals surface area (Å²) in [7, 11) is 0. The highest BCUT2D eigenvalue weighted by Gasteiger charge is 1.99. The molecule has 0 radical (unpaired) electrons. The van der Waals surface area contributed by atoms with Gasteiger partial charge in [0.1, 0.15) is 0 Å². The lowest BCUT2D eigenvalue weighted by Crippen LogP contribution is -2.01. The van der Waals surface area contributed by atoms with Gasteiger partial charge in [-0.3, -0.25) is 4.89 Å². The number of para-hydroxylation sites is 1. The van der Waals surface area contributed by atoms with Crippen LogP contribution in [0.15, 0.2) is 30.3 Å². The summed E-state index contributed by atoms with van der Waals surface area (Å²) in [6, 6.07) is 9.08. The van der Waals surface area contributed by atoms with Crippen molar-refractivity contribution in [2.24, 2.45) is 0 Å². The van der Waals surface area contributed by atoms with Crippen LogP contribution in [0.5, 0.6) is 11.8 Å². The van der Waals surface area contributed by atoms with Gasteiger partial charge in [0.2, 0.25) is 0 Å². The van der Waals surface area contributed by atoms with E-state index in [-0.39, 0.29) is 6.01 Å². The topological polar surface area (TPSA) is 72.9 Å². The van der Waals surface area contributed by atoms with Crippen molar-refractivity contribution in [1.29, 1.82) is 0 Å². The lowest BCUT2D eigenvalue weighted by atomic mass is 10.3. The largest absolute Gasteiger partial charge is 0.405 e. The third-order valence-corrected chi connectivity index (χ3v) is 1.28. The summed E-state index contributed by atoms with van der Waals surface area (Å²) < 4.78 is 0. The van der Waals surface area contributed by atoms with Gasteiger partial charge in [-0.15, -0.1) is 0 Å². The molecular weight excluding hydrogens is 172 g/mol. The highest BCUT2D eigenvalue weighted by atomic mass is 17.2. The lowest BCUT2D eigenvalue weighted by Gasteiger charge is -1.99. The molecule has 6 heteroatoms. The Labute approximate surface area is 73.4 Å². The Morgan fingerprint density at radius 1 is 1.08 bits per heavy atom. The average molecular weight is 178 g/mol. The van der Waals surface area contributed by atoms with Crippen molar-refractivity contribution >= 4 is 0 Å². The Morgan fingerprint density at radius 3 is 2.62 bits per heavy atom. The number of hydrogen-bond donors (Lipinski definition) is 1. The zero-order valence-corrected chi connectivity index (χ0v) is 6.54. The molecule has 0 atom stereocenters. The molecule has 2 aromatic rings. The molecule has 0 saturated carbocycles. The van der Waals surface area contributed by atoms with Crippen LogP contribution in [-0.4, -0.2) is 20.6 Å². The molecule has 0 spiro atoms. The molecule has 0 amide bonds. The van der Waals surface area contributed by atoms with Crippen molar-refractivity contribution in [2.45, 2.75) is 0 Å². The van der Waals surface area contributed by atoms with Crippen molar-refractivity contribution in [3.05, 3.63) is 30.3 Å². The molecule has 2 rings (SSSR count). The van der Waals surface area contributed by atoms with Crippen LogP contribution in [0.25, 0.3) is 0 Å². The molecule has 13 heavy (non-hydrogen) atoms. The second-order valence-electron chi connectivity index (χ2n) is 2.17. The van der Waals surface area contributed by atoms with Crippen LogP contribution in [0.1, 0.15) is 0 Å². The maximum Gasteiger partial charge on any atom is 0.405 e. The standard InChI is InChI=1S/C7H6N4O2/c1-2-4-6(5-3-1)12-13-7-8-10-11-9-7/h1-5H,(H,8,9,10,11). The fourth-order valence-electron chi connectivity index (χ4n) is 0.749. The molecule has 0 aliphatic heterocycles. The minimum Gasteiger partial charge on any atom is -0.287 e. The first-order chi connectivity index (χ1) is 6.45. The Morgan fingerprint density at radius 2 is 1.92 bits per heavy atom. The third-order valence-electron chi connectivity index (χ3n) is 1.28. The molecule has 0 saturated heterocycles. The van der Waals surface area contributed by atoms with Gasteiger partial charge in [0.05, 0.1) is 0 Å². The van der Waals surface area contributed by atoms with Crippen molar-refractivity contribution in [2.75, 3.05) is 0 Å². The van der Waals surface area contributed by atoms with Crippen molar-refractivity contribution in [1.82, 2.24) is 20.6 Å². The molecule has 1 aromatic carbocycles. The minimum absolute atomic E-state index is 0.0452. The van der Waals surface area contributed by atoms with Crippen molar-refractivity contribution < 1.29 is 9.78 Å². The zero-order valence-electron chi connectivity index (χ0n) is 6.54. The van der Waals surface area contributed by atoms with Gasteiger partial charge in [0.25, 0.3) is 0 Å². The van der Waals surface area contributed by atoms with E-state index in [0.29, 0.717) is 5.75 Å². The van der Waals surface area contributed by atoms with Crippen LogP contribution in [0.3, 0.4) is 0 Å². The van der Waals surface area contributed by atoms with Gasteiger partial charge in [-0.1, -0.05) is 28.4 Å². The molecular formula is C7H6N4O2. The maximum atomic E-state index is 4.87. The summed E-state index contributed by atoms with van der Waals surface area (Å²) in [5.74, 6) is 0.576. The number of aromatic nitrogens is 4. The van der Waals surface area contributed by atoms with Crippen LogP contribution in [0, 0.1) is 0 Å². The quantitative estimate of drug-likeness (QED) is 0.549. The van der Waals surface area contributed by atoms with Gasteiger partial charge < -0.3 is 0 Å². The number of benzene rings is 1. The molecule has 0 bridgehead atoms. The smallest absolute Gasteiger partial charge is 0.287 e. The summed E-state index contributed by atoms with van der Waals surface area (Å²) >= 11 is 0. The Balaban J connectivity index is 1.94. The van der Waals surface area contributed by atoms with E-state index in [4.69, 9.17) is 9.78 Å². The predicted octanol–water partition coefficient (Wildman–Crippen LogP) is 0.572. The van der Waals surface area contributed by atoms with Crippen LogP contribution in [0.4, 0.5) is 0 Å². The van der Waals surface area contributed by atoms with E-state index in [2.05, 4.69) is 20.6 Å². The molecule has 0 aliphatic carbocycles. The molecule has 0 unspecified atom stereocenters. The first kappa shape index (κ1) is 7.53. The summed E-state index contributed by atoms with van der Waals surface area (Å²) in [6.45, 7) is 0. The summed E-state index contributed by atoms with van der Waals surface area (Å²) in [4.78, 5) is 9.58. The number of aromatic amines is 1. The highest BCUT2D eigenvalue weighted by Crippen LogP contribution is 2.09. The Bertz CT molecular complexity index is 348. The number of tetrazole rings is 1. The number of nitrogens with zero attached hydrogens (tertiary/aromatic N) is 3. The minimum atomic E-state index is 0.0452. The van der Waals surface area contributed by atoms with Crippen molar-refractivity contribution in [3.63, 3.8) is 0 Å². The SMILES string of the molecule is c1ccc(OOc2nn[nH]n2)cc1. The van der Waals surface area contributed by atoms with Gasteiger partial charge in [-0.25, -0.2) is 4.89 Å². The summed E-state index contributed by atoms with van der Waals surface area (Å²) in [6.07, 6.45) is 0. The maximum absolute atomic E-state index is 4.87. The monoisotopic (exact) mass is 178 g/mol. The fraction of sp³-hybridized carbons (Fsp3) is 0. The molecule has 0 fully saturated rings. The van der Waals surface area contributed by atoms with Crippen LogP contribution in [0.2, 0.25) is 0 Å². The van der Waals surface area contributed by atoms with Gasteiger partial charge >= 0.3 is 6.01 Å². The molecule has 1 N–H and O–H groups in total. The first-order valence-electron chi connectivity index (χ1n) is 3.58.